The molecule has 0 aliphatic carbocycles. The summed E-state index contributed by atoms with van der Waals surface area (Å²) in [6, 6.07) is -0.0231. The standard InChI is InChI=1S/C11H19N3O3S/c1-3-6-12-11(15)9-14-7-4-10(5-8-14)13-18(2,16)17/h1,10,13H,4-9H2,2H3,(H,12,15). The number of carbonyl (C=O) groups is 1. The zero-order valence-corrected chi connectivity index (χ0v) is 11.3. The third-order valence-electron chi connectivity index (χ3n) is 2.72. The lowest BCUT2D eigenvalue weighted by Crippen LogP contribution is -2.47. The van der Waals surface area contributed by atoms with Crippen LogP contribution in [0.3, 0.4) is 0 Å². The van der Waals surface area contributed by atoms with Crippen LogP contribution in [-0.2, 0) is 14.8 Å². The molecule has 0 bridgehead atoms. The first kappa shape index (κ1) is 15.0. The summed E-state index contributed by atoms with van der Waals surface area (Å²) in [5, 5.41) is 2.60. The third-order valence-corrected chi connectivity index (χ3v) is 3.48. The molecule has 1 saturated heterocycles. The summed E-state index contributed by atoms with van der Waals surface area (Å²) in [5.74, 6) is 2.25. The molecule has 0 atom stereocenters. The van der Waals surface area contributed by atoms with Gasteiger partial charge in [-0.15, -0.1) is 6.42 Å². The van der Waals surface area contributed by atoms with Gasteiger partial charge in [-0.25, -0.2) is 13.1 Å². The van der Waals surface area contributed by atoms with Crippen LogP contribution < -0.4 is 10.0 Å². The van der Waals surface area contributed by atoms with Crippen LogP contribution in [0.25, 0.3) is 0 Å². The van der Waals surface area contributed by atoms with E-state index in [1.165, 1.54) is 0 Å². The van der Waals surface area contributed by atoms with Gasteiger partial charge in [-0.2, -0.15) is 0 Å². The summed E-state index contributed by atoms with van der Waals surface area (Å²) in [7, 11) is -3.15. The summed E-state index contributed by atoms with van der Waals surface area (Å²) in [6.45, 7) is 1.96. The Morgan fingerprint density at radius 1 is 1.44 bits per heavy atom. The third kappa shape index (κ3) is 6.00. The summed E-state index contributed by atoms with van der Waals surface area (Å²) < 4.78 is 24.7. The quantitative estimate of drug-likeness (QED) is 0.614. The molecule has 2 N–H and O–H groups in total. The van der Waals surface area contributed by atoms with E-state index >= 15 is 0 Å². The fourth-order valence-corrected chi connectivity index (χ4v) is 2.76. The predicted molar refractivity (Wildman–Crippen MR) is 69.3 cm³/mol. The van der Waals surface area contributed by atoms with Gasteiger partial charge in [-0.3, -0.25) is 9.69 Å². The number of piperidine rings is 1. The molecular weight excluding hydrogens is 254 g/mol. The highest BCUT2D eigenvalue weighted by molar-refractivity contribution is 7.88. The van der Waals surface area contributed by atoms with Gasteiger partial charge in [-0.05, 0) is 12.8 Å². The maximum atomic E-state index is 11.4. The SMILES string of the molecule is C#CCNC(=O)CN1CCC(NS(C)(=O)=O)CC1. The van der Waals surface area contributed by atoms with Gasteiger partial charge in [-0.1, -0.05) is 5.92 Å². The highest BCUT2D eigenvalue weighted by Gasteiger charge is 2.22. The van der Waals surface area contributed by atoms with Gasteiger partial charge in [0.1, 0.15) is 0 Å². The normalized spacial score (nSPS) is 18.2. The van der Waals surface area contributed by atoms with Crippen molar-refractivity contribution in [2.75, 3.05) is 32.4 Å². The van der Waals surface area contributed by atoms with E-state index in [1.54, 1.807) is 0 Å². The van der Waals surface area contributed by atoms with Gasteiger partial charge in [0.2, 0.25) is 15.9 Å². The second-order valence-electron chi connectivity index (χ2n) is 4.42. The number of hydrogen-bond donors (Lipinski definition) is 2. The van der Waals surface area contributed by atoms with E-state index in [9.17, 15) is 13.2 Å². The number of nitrogens with zero attached hydrogens (tertiary/aromatic N) is 1. The minimum Gasteiger partial charge on any atom is -0.344 e. The first-order valence-corrected chi connectivity index (χ1v) is 7.69. The van der Waals surface area contributed by atoms with E-state index in [1.807, 2.05) is 4.90 Å². The Balaban J connectivity index is 2.27. The number of sulfonamides is 1. The molecule has 6 nitrogen and oxygen atoms in total. The van der Waals surface area contributed by atoms with Crippen LogP contribution in [0.1, 0.15) is 12.8 Å². The molecular formula is C11H19N3O3S. The fourth-order valence-electron chi connectivity index (χ4n) is 1.92. The molecule has 0 radical (unpaired) electrons. The summed E-state index contributed by atoms with van der Waals surface area (Å²) >= 11 is 0. The average Bonchev–Trinajstić information content (AvgIpc) is 2.27. The van der Waals surface area contributed by atoms with Crippen molar-refractivity contribution in [3.63, 3.8) is 0 Å². The Labute approximate surface area is 108 Å². The number of terminal acetylenes is 1. The van der Waals surface area contributed by atoms with E-state index in [-0.39, 0.29) is 18.5 Å². The first-order valence-electron chi connectivity index (χ1n) is 5.80. The highest BCUT2D eigenvalue weighted by atomic mass is 32.2. The monoisotopic (exact) mass is 273 g/mol. The lowest BCUT2D eigenvalue weighted by atomic mass is 10.1. The maximum absolute atomic E-state index is 11.4. The minimum atomic E-state index is -3.15. The molecule has 1 fully saturated rings. The average molecular weight is 273 g/mol. The highest BCUT2D eigenvalue weighted by Crippen LogP contribution is 2.10. The molecule has 0 aromatic heterocycles. The van der Waals surface area contributed by atoms with Crippen molar-refractivity contribution in [2.24, 2.45) is 0 Å². The molecule has 0 spiro atoms. The maximum Gasteiger partial charge on any atom is 0.234 e. The molecule has 0 aromatic rings. The van der Waals surface area contributed by atoms with Crippen molar-refractivity contribution in [2.45, 2.75) is 18.9 Å². The van der Waals surface area contributed by atoms with Crippen molar-refractivity contribution in [1.29, 1.82) is 0 Å². The van der Waals surface area contributed by atoms with Crippen LogP contribution in [0.4, 0.5) is 0 Å². The Kier molecular flexibility index (Phi) is 5.59. The minimum absolute atomic E-state index is 0.0231. The number of amides is 1. The molecule has 1 heterocycles. The largest absolute Gasteiger partial charge is 0.344 e. The van der Waals surface area contributed by atoms with Gasteiger partial charge < -0.3 is 5.32 Å². The Hall–Kier alpha value is -1.10. The zero-order valence-electron chi connectivity index (χ0n) is 10.5. The number of carbonyl (C=O) groups excluding carboxylic acids is 1. The fraction of sp³-hybridized carbons (Fsp3) is 0.727. The van der Waals surface area contributed by atoms with E-state index in [2.05, 4.69) is 16.0 Å². The van der Waals surface area contributed by atoms with Crippen LogP contribution in [0.5, 0.6) is 0 Å². The summed E-state index contributed by atoms with van der Waals surface area (Å²) in [4.78, 5) is 13.4. The van der Waals surface area contributed by atoms with E-state index in [0.717, 1.165) is 19.1 Å². The Morgan fingerprint density at radius 2 is 2.06 bits per heavy atom. The molecule has 7 heteroatoms. The molecule has 1 aliphatic heterocycles. The molecule has 0 saturated carbocycles. The van der Waals surface area contributed by atoms with Gasteiger partial charge in [0.05, 0.1) is 19.3 Å². The van der Waals surface area contributed by atoms with E-state index in [4.69, 9.17) is 6.42 Å². The number of hydrogen-bond acceptors (Lipinski definition) is 4. The van der Waals surface area contributed by atoms with E-state index < -0.39 is 10.0 Å². The molecule has 102 valence electrons. The molecule has 1 aliphatic rings. The number of nitrogens with one attached hydrogen (secondary N) is 2. The van der Waals surface area contributed by atoms with Crippen LogP contribution in [0.2, 0.25) is 0 Å². The smallest absolute Gasteiger partial charge is 0.234 e. The van der Waals surface area contributed by atoms with Crippen LogP contribution in [0.15, 0.2) is 0 Å². The van der Waals surface area contributed by atoms with Crippen molar-refractivity contribution < 1.29 is 13.2 Å². The van der Waals surface area contributed by atoms with Crippen molar-refractivity contribution in [3.8, 4) is 12.3 Å². The van der Waals surface area contributed by atoms with Crippen LogP contribution in [0, 0.1) is 12.3 Å². The number of rotatable bonds is 5. The van der Waals surface area contributed by atoms with Crippen LogP contribution >= 0.6 is 0 Å². The van der Waals surface area contributed by atoms with E-state index in [0.29, 0.717) is 19.6 Å². The van der Waals surface area contributed by atoms with Gasteiger partial charge in [0.25, 0.3) is 0 Å². The topological polar surface area (TPSA) is 78.5 Å². The molecule has 1 rings (SSSR count). The molecule has 1 amide bonds. The predicted octanol–water partition coefficient (Wildman–Crippen LogP) is -1.25. The van der Waals surface area contributed by atoms with Crippen molar-refractivity contribution in [3.05, 3.63) is 0 Å². The summed E-state index contributed by atoms with van der Waals surface area (Å²) in [6.07, 6.45) is 7.64. The first-order chi connectivity index (χ1) is 8.40. The van der Waals surface area contributed by atoms with Crippen LogP contribution in [-0.4, -0.2) is 57.7 Å². The molecule has 18 heavy (non-hydrogen) atoms. The number of likely N-dealkylation sites (tertiary alicyclic amines) is 1. The second kappa shape index (κ2) is 6.73. The second-order valence-corrected chi connectivity index (χ2v) is 6.20. The van der Waals surface area contributed by atoms with Crippen molar-refractivity contribution >= 4 is 15.9 Å². The van der Waals surface area contributed by atoms with Gasteiger partial charge >= 0.3 is 0 Å². The lowest BCUT2D eigenvalue weighted by Gasteiger charge is -2.31. The molecule has 0 aromatic carbocycles. The lowest BCUT2D eigenvalue weighted by molar-refractivity contribution is -0.122. The Bertz CT molecular complexity index is 419. The van der Waals surface area contributed by atoms with Crippen molar-refractivity contribution in [1.82, 2.24) is 14.9 Å². The zero-order chi connectivity index (χ0) is 13.6. The Morgan fingerprint density at radius 3 is 2.56 bits per heavy atom. The summed E-state index contributed by atoms with van der Waals surface area (Å²) in [5.41, 5.74) is 0. The van der Waals surface area contributed by atoms with Gasteiger partial charge in [0.15, 0.2) is 0 Å². The van der Waals surface area contributed by atoms with Gasteiger partial charge in [0, 0.05) is 19.1 Å². The molecule has 0 unspecified atom stereocenters.